The summed E-state index contributed by atoms with van der Waals surface area (Å²) in [4.78, 5) is 4.00. The first-order valence-electron chi connectivity index (χ1n) is 7.45. The molecule has 3 heteroatoms. The van der Waals surface area contributed by atoms with Crippen LogP contribution in [0.15, 0.2) is 24.5 Å². The van der Waals surface area contributed by atoms with Gasteiger partial charge in [-0.05, 0) is 49.1 Å². The molecule has 0 spiro atoms. The third-order valence-corrected chi connectivity index (χ3v) is 5.45. The Balaban J connectivity index is 1.66. The fraction of sp³-hybridized carbons (Fsp3) is 0.625. The summed E-state index contributed by atoms with van der Waals surface area (Å²) >= 11 is 0. The molecule has 0 saturated heterocycles. The van der Waals surface area contributed by atoms with Crippen LogP contribution in [0.2, 0.25) is 0 Å². The quantitative estimate of drug-likeness (QED) is 0.353. The van der Waals surface area contributed by atoms with Gasteiger partial charge in [0.05, 0.1) is 0 Å². The molecule has 0 aliphatic heterocycles. The van der Waals surface area contributed by atoms with Crippen molar-refractivity contribution in [2.24, 2.45) is 17.8 Å². The molecule has 3 nitrogen and oxygen atoms in total. The van der Waals surface area contributed by atoms with Gasteiger partial charge in [-0.1, -0.05) is 0 Å². The Kier molecular flexibility index (Phi) is 2.44. The smallest absolute Gasteiger partial charge is 0.182 e. The van der Waals surface area contributed by atoms with Crippen LogP contribution in [0.3, 0.4) is 0 Å². The molecule has 4 fully saturated rings. The van der Waals surface area contributed by atoms with Crippen LogP contribution >= 0.6 is 0 Å². The molecule has 100 valence electrons. The first-order chi connectivity index (χ1) is 9.23. The average molecular weight is 256 g/mol. The Morgan fingerprint density at radius 3 is 2.11 bits per heavy atom. The Bertz CT molecular complexity index is 473. The van der Waals surface area contributed by atoms with Crippen LogP contribution in [0, 0.1) is 23.0 Å². The molecular weight excluding hydrogens is 236 g/mol. The lowest BCUT2D eigenvalue weighted by molar-refractivity contribution is -0.566. The largest absolute Gasteiger partial charge is 0.623 e. The maximum absolute atomic E-state index is 12.7. The topological polar surface area (TPSA) is 39.0 Å². The summed E-state index contributed by atoms with van der Waals surface area (Å²) in [7, 11) is 0. The molecule has 0 atom stereocenters. The van der Waals surface area contributed by atoms with Crippen LogP contribution < -0.4 is 0 Å². The van der Waals surface area contributed by atoms with Gasteiger partial charge in [0.25, 0.3) is 0 Å². The van der Waals surface area contributed by atoms with Gasteiger partial charge >= 0.3 is 0 Å². The van der Waals surface area contributed by atoms with Crippen molar-refractivity contribution in [1.29, 1.82) is 0 Å². The van der Waals surface area contributed by atoms with Gasteiger partial charge in [0, 0.05) is 37.2 Å². The zero-order valence-electron chi connectivity index (χ0n) is 11.2. The first-order valence-corrected chi connectivity index (χ1v) is 7.45. The normalized spacial score (nSPS) is 40.6. The molecular formula is C16H20N2O. The Labute approximate surface area is 114 Å². The van der Waals surface area contributed by atoms with E-state index in [9.17, 15) is 5.21 Å². The SMILES string of the molecule is [O-][N+](=Cc1ccncc1)C12CC3CC(CC(C3)C1)C2. The summed E-state index contributed by atoms with van der Waals surface area (Å²) in [6.07, 6.45) is 12.8. The minimum absolute atomic E-state index is 0.0853. The number of hydroxylamine groups is 1. The van der Waals surface area contributed by atoms with E-state index in [0.717, 1.165) is 42.6 Å². The molecule has 1 heterocycles. The summed E-state index contributed by atoms with van der Waals surface area (Å²) in [6, 6.07) is 3.82. The summed E-state index contributed by atoms with van der Waals surface area (Å²) in [5.74, 6) is 2.44. The highest BCUT2D eigenvalue weighted by Crippen LogP contribution is 2.56. The van der Waals surface area contributed by atoms with E-state index in [1.54, 1.807) is 18.6 Å². The second-order valence-electron chi connectivity index (χ2n) is 6.88. The van der Waals surface area contributed by atoms with E-state index in [-0.39, 0.29) is 5.54 Å². The molecule has 4 bridgehead atoms. The molecule has 4 aliphatic rings. The number of nitrogens with zero attached hydrogens (tertiary/aromatic N) is 2. The summed E-state index contributed by atoms with van der Waals surface area (Å²) in [5, 5.41) is 12.7. The Morgan fingerprint density at radius 1 is 1.05 bits per heavy atom. The average Bonchev–Trinajstić information content (AvgIpc) is 2.38. The molecule has 19 heavy (non-hydrogen) atoms. The fourth-order valence-electron chi connectivity index (χ4n) is 5.06. The summed E-state index contributed by atoms with van der Waals surface area (Å²) in [5.41, 5.74) is 0.888. The molecule has 0 aromatic carbocycles. The number of rotatable bonds is 2. The van der Waals surface area contributed by atoms with Gasteiger partial charge < -0.3 is 5.21 Å². The van der Waals surface area contributed by atoms with Gasteiger partial charge in [-0.25, -0.2) is 4.74 Å². The maximum Gasteiger partial charge on any atom is 0.182 e. The monoisotopic (exact) mass is 256 g/mol. The number of hydrogen-bond acceptors (Lipinski definition) is 2. The third kappa shape index (κ3) is 1.87. The first kappa shape index (κ1) is 11.4. The summed E-state index contributed by atoms with van der Waals surface area (Å²) < 4.78 is 1.30. The van der Waals surface area contributed by atoms with Crippen LogP contribution in [0.5, 0.6) is 0 Å². The van der Waals surface area contributed by atoms with Crippen molar-refractivity contribution >= 4 is 6.21 Å². The molecule has 4 saturated carbocycles. The lowest BCUT2D eigenvalue weighted by Gasteiger charge is -2.54. The summed E-state index contributed by atoms with van der Waals surface area (Å²) in [6.45, 7) is 0. The lowest BCUT2D eigenvalue weighted by Crippen LogP contribution is -2.55. The Hall–Kier alpha value is -1.38. The minimum Gasteiger partial charge on any atom is -0.623 e. The zero-order chi connectivity index (χ0) is 12.9. The van der Waals surface area contributed by atoms with Crippen molar-refractivity contribution in [2.45, 2.75) is 44.1 Å². The number of pyridine rings is 1. The van der Waals surface area contributed by atoms with Crippen LogP contribution in [-0.4, -0.2) is 21.5 Å². The van der Waals surface area contributed by atoms with E-state index in [4.69, 9.17) is 0 Å². The van der Waals surface area contributed by atoms with Crippen molar-refractivity contribution in [3.8, 4) is 0 Å². The second kappa shape index (κ2) is 4.06. The molecule has 5 rings (SSSR count). The predicted octanol–water partition coefficient (Wildman–Crippen LogP) is 2.98. The van der Waals surface area contributed by atoms with Crippen LogP contribution in [-0.2, 0) is 0 Å². The Morgan fingerprint density at radius 2 is 1.58 bits per heavy atom. The van der Waals surface area contributed by atoms with Crippen LogP contribution in [0.1, 0.15) is 44.1 Å². The standard InChI is InChI=1S/C16H20N2O/c19-18(11-12-1-3-17-4-2-12)16-8-13-5-14(9-16)7-15(6-13)10-16/h1-4,11,13-15H,5-10H2. The van der Waals surface area contributed by atoms with E-state index >= 15 is 0 Å². The zero-order valence-corrected chi connectivity index (χ0v) is 11.2. The molecule has 1 aromatic heterocycles. The van der Waals surface area contributed by atoms with E-state index in [2.05, 4.69) is 4.98 Å². The molecule has 0 radical (unpaired) electrons. The number of hydrogen-bond donors (Lipinski definition) is 0. The number of aromatic nitrogens is 1. The molecule has 4 aliphatic carbocycles. The highest BCUT2D eigenvalue weighted by Gasteiger charge is 2.56. The highest BCUT2D eigenvalue weighted by molar-refractivity contribution is 5.75. The van der Waals surface area contributed by atoms with Crippen LogP contribution in [0.25, 0.3) is 0 Å². The maximum atomic E-state index is 12.7. The lowest BCUT2D eigenvalue weighted by atomic mass is 9.53. The second-order valence-corrected chi connectivity index (χ2v) is 6.88. The predicted molar refractivity (Wildman–Crippen MR) is 73.9 cm³/mol. The fourth-order valence-corrected chi connectivity index (χ4v) is 5.06. The van der Waals surface area contributed by atoms with Gasteiger partial charge in [0.15, 0.2) is 11.8 Å². The van der Waals surface area contributed by atoms with Gasteiger partial charge in [0.2, 0.25) is 0 Å². The van der Waals surface area contributed by atoms with Gasteiger partial charge in [-0.3, -0.25) is 4.98 Å². The van der Waals surface area contributed by atoms with Crippen molar-refractivity contribution in [1.82, 2.24) is 4.98 Å². The van der Waals surface area contributed by atoms with Gasteiger partial charge in [-0.2, -0.15) is 0 Å². The van der Waals surface area contributed by atoms with Crippen molar-refractivity contribution < 1.29 is 4.74 Å². The van der Waals surface area contributed by atoms with Crippen molar-refractivity contribution in [3.05, 3.63) is 35.3 Å². The third-order valence-electron chi connectivity index (χ3n) is 5.45. The van der Waals surface area contributed by atoms with Crippen molar-refractivity contribution in [3.63, 3.8) is 0 Å². The molecule has 0 N–H and O–H groups in total. The van der Waals surface area contributed by atoms with Gasteiger partial charge in [0.1, 0.15) is 0 Å². The van der Waals surface area contributed by atoms with E-state index in [1.807, 2.05) is 12.1 Å². The van der Waals surface area contributed by atoms with Gasteiger partial charge in [-0.15, -0.1) is 0 Å². The molecule has 0 unspecified atom stereocenters. The van der Waals surface area contributed by atoms with E-state index in [0.29, 0.717) is 0 Å². The molecule has 0 amide bonds. The molecule has 1 aromatic rings. The van der Waals surface area contributed by atoms with E-state index < -0.39 is 0 Å². The minimum atomic E-state index is -0.0853. The highest BCUT2D eigenvalue weighted by atomic mass is 16.5. The van der Waals surface area contributed by atoms with E-state index in [1.165, 1.54) is 24.0 Å². The van der Waals surface area contributed by atoms with Crippen molar-refractivity contribution in [2.75, 3.05) is 0 Å². The van der Waals surface area contributed by atoms with Crippen LogP contribution in [0.4, 0.5) is 0 Å².